The lowest BCUT2D eigenvalue weighted by atomic mass is 10.2. The normalized spacial score (nSPS) is 15.8. The van der Waals surface area contributed by atoms with Crippen molar-refractivity contribution in [1.29, 1.82) is 0 Å². The molecule has 0 unspecified atom stereocenters. The number of sulfonamides is 1. The van der Waals surface area contributed by atoms with Crippen molar-refractivity contribution in [2.45, 2.75) is 24.4 Å². The number of carbonyl (C=O) groups is 1. The molecular weight excluding hydrogens is 437 g/mol. The lowest BCUT2D eigenvalue weighted by molar-refractivity contribution is -0.122. The van der Waals surface area contributed by atoms with Crippen LogP contribution in [0.2, 0.25) is 0 Å². The maximum Gasteiger partial charge on any atom is 0.244 e. The van der Waals surface area contributed by atoms with Gasteiger partial charge in [0.15, 0.2) is 0 Å². The van der Waals surface area contributed by atoms with Crippen LogP contribution in [0.5, 0.6) is 5.75 Å². The van der Waals surface area contributed by atoms with Crippen molar-refractivity contribution >= 4 is 15.9 Å². The highest BCUT2D eigenvalue weighted by Gasteiger charge is 2.24. The van der Waals surface area contributed by atoms with E-state index in [0.29, 0.717) is 12.4 Å². The minimum atomic E-state index is -4.16. The summed E-state index contributed by atoms with van der Waals surface area (Å²) in [6.45, 7) is 6.23. The first kappa shape index (κ1) is 24.1. The van der Waals surface area contributed by atoms with Gasteiger partial charge in [-0.3, -0.25) is 9.69 Å². The Morgan fingerprint density at radius 3 is 2.69 bits per heavy atom. The van der Waals surface area contributed by atoms with E-state index >= 15 is 0 Å². The number of ether oxygens (including phenoxy) is 2. The van der Waals surface area contributed by atoms with E-state index in [-0.39, 0.29) is 6.54 Å². The van der Waals surface area contributed by atoms with Crippen molar-refractivity contribution < 1.29 is 27.1 Å². The fourth-order valence-corrected chi connectivity index (χ4v) is 4.50. The fraction of sp³-hybridized carbons (Fsp3) is 0.409. The summed E-state index contributed by atoms with van der Waals surface area (Å²) in [5.74, 6) is -0.708. The second-order valence-corrected chi connectivity index (χ2v) is 9.12. The van der Waals surface area contributed by atoms with Gasteiger partial charge in [0, 0.05) is 26.2 Å². The van der Waals surface area contributed by atoms with E-state index in [1.54, 1.807) is 0 Å². The molecule has 1 saturated heterocycles. The van der Waals surface area contributed by atoms with Crippen LogP contribution in [-0.4, -0.2) is 64.7 Å². The molecule has 2 aromatic carbocycles. The molecule has 2 aromatic rings. The highest BCUT2D eigenvalue weighted by Crippen LogP contribution is 2.15. The summed E-state index contributed by atoms with van der Waals surface area (Å²) < 4.78 is 51.8. The number of halogens is 1. The van der Waals surface area contributed by atoms with Gasteiger partial charge >= 0.3 is 0 Å². The summed E-state index contributed by atoms with van der Waals surface area (Å²) in [4.78, 5) is 14.1. The van der Waals surface area contributed by atoms with Gasteiger partial charge in [0.05, 0.1) is 19.3 Å². The molecule has 0 aliphatic carbocycles. The van der Waals surface area contributed by atoms with Crippen molar-refractivity contribution in [1.82, 2.24) is 14.9 Å². The van der Waals surface area contributed by atoms with E-state index in [4.69, 9.17) is 9.47 Å². The monoisotopic (exact) mass is 465 g/mol. The third-order valence-corrected chi connectivity index (χ3v) is 6.57. The number of carbonyl (C=O) groups excluding carboxylic acids is 1. The van der Waals surface area contributed by atoms with Crippen LogP contribution >= 0.6 is 0 Å². The molecule has 2 N–H and O–H groups in total. The Morgan fingerprint density at radius 1 is 1.19 bits per heavy atom. The van der Waals surface area contributed by atoms with Gasteiger partial charge in [-0.25, -0.2) is 12.8 Å². The zero-order valence-electron chi connectivity index (χ0n) is 17.9. The molecule has 0 spiro atoms. The smallest absolute Gasteiger partial charge is 0.244 e. The molecule has 174 valence electrons. The predicted molar refractivity (Wildman–Crippen MR) is 117 cm³/mol. The molecule has 0 aromatic heterocycles. The molecule has 1 heterocycles. The van der Waals surface area contributed by atoms with Crippen molar-refractivity contribution in [3.8, 4) is 5.75 Å². The Morgan fingerprint density at radius 2 is 1.94 bits per heavy atom. The number of amides is 1. The van der Waals surface area contributed by atoms with Crippen LogP contribution < -0.4 is 14.8 Å². The third-order valence-electron chi connectivity index (χ3n) is 5.00. The highest BCUT2D eigenvalue weighted by atomic mass is 32.2. The fourth-order valence-electron chi connectivity index (χ4n) is 3.22. The Bertz CT molecular complexity index is 1010. The predicted octanol–water partition coefficient (Wildman–Crippen LogP) is 1.52. The number of benzene rings is 2. The van der Waals surface area contributed by atoms with Crippen LogP contribution in [0, 0.1) is 5.82 Å². The number of nitrogens with zero attached hydrogens (tertiary/aromatic N) is 1. The second kappa shape index (κ2) is 11.4. The largest absolute Gasteiger partial charge is 0.492 e. The number of nitrogens with one attached hydrogen (secondary N) is 2. The van der Waals surface area contributed by atoms with Gasteiger partial charge in [0.2, 0.25) is 15.9 Å². The molecule has 1 atom stereocenters. The average molecular weight is 466 g/mol. The molecular formula is C22H28FN3O5S. The van der Waals surface area contributed by atoms with E-state index in [0.717, 1.165) is 50.5 Å². The molecule has 1 aliphatic heterocycles. The van der Waals surface area contributed by atoms with Crippen LogP contribution in [0.1, 0.15) is 12.5 Å². The number of rotatable bonds is 10. The van der Waals surface area contributed by atoms with Crippen LogP contribution in [0.4, 0.5) is 4.39 Å². The zero-order valence-corrected chi connectivity index (χ0v) is 18.7. The van der Waals surface area contributed by atoms with E-state index in [1.807, 2.05) is 24.3 Å². The van der Waals surface area contributed by atoms with Gasteiger partial charge in [-0.1, -0.05) is 24.3 Å². The molecule has 0 saturated carbocycles. The summed E-state index contributed by atoms with van der Waals surface area (Å²) in [5.41, 5.74) is 0.811. The Kier molecular flexibility index (Phi) is 8.57. The van der Waals surface area contributed by atoms with E-state index in [2.05, 4.69) is 14.9 Å². The quantitative estimate of drug-likeness (QED) is 0.552. The van der Waals surface area contributed by atoms with Gasteiger partial charge in [-0.05, 0) is 36.8 Å². The number of hydrogen-bond donors (Lipinski definition) is 2. The van der Waals surface area contributed by atoms with Gasteiger partial charge in [-0.15, -0.1) is 0 Å². The number of hydrogen-bond acceptors (Lipinski definition) is 6. The first-order valence-electron chi connectivity index (χ1n) is 10.4. The van der Waals surface area contributed by atoms with Gasteiger partial charge in [0.1, 0.15) is 23.1 Å². The van der Waals surface area contributed by atoms with Crippen molar-refractivity contribution in [2.75, 3.05) is 39.5 Å². The van der Waals surface area contributed by atoms with Gasteiger partial charge in [0.25, 0.3) is 0 Å². The molecule has 32 heavy (non-hydrogen) atoms. The number of morpholine rings is 1. The summed E-state index contributed by atoms with van der Waals surface area (Å²) >= 11 is 0. The summed E-state index contributed by atoms with van der Waals surface area (Å²) in [7, 11) is -4.16. The van der Waals surface area contributed by atoms with E-state index in [1.165, 1.54) is 19.1 Å². The molecule has 0 radical (unpaired) electrons. The molecule has 10 heteroatoms. The topological polar surface area (TPSA) is 97.0 Å². The lowest BCUT2D eigenvalue weighted by Gasteiger charge is -2.26. The van der Waals surface area contributed by atoms with Crippen LogP contribution in [-0.2, 0) is 26.1 Å². The van der Waals surface area contributed by atoms with Crippen molar-refractivity contribution in [3.05, 3.63) is 59.9 Å². The first-order chi connectivity index (χ1) is 15.3. The molecule has 0 bridgehead atoms. The second-order valence-electron chi connectivity index (χ2n) is 7.44. The Labute approximate surface area is 187 Å². The first-order valence-corrected chi connectivity index (χ1v) is 11.9. The third kappa shape index (κ3) is 6.99. The summed E-state index contributed by atoms with van der Waals surface area (Å²) in [5, 5.41) is 2.69. The highest BCUT2D eigenvalue weighted by molar-refractivity contribution is 7.89. The van der Waals surface area contributed by atoms with E-state index in [9.17, 15) is 17.6 Å². The minimum Gasteiger partial charge on any atom is -0.492 e. The standard InChI is InChI=1S/C22H28FN3O5S/c1-17(25-32(28,29)21-8-3-2-7-20(21)23)22(27)24-16-18-5-4-6-19(15-18)31-14-11-26-9-12-30-13-10-26/h2-8,15,17,25H,9-14,16H2,1H3,(H,24,27)/t17-/m0/s1. The van der Waals surface area contributed by atoms with Crippen LogP contribution in [0.15, 0.2) is 53.4 Å². The van der Waals surface area contributed by atoms with Gasteiger partial charge < -0.3 is 14.8 Å². The molecule has 1 fully saturated rings. The minimum absolute atomic E-state index is 0.200. The molecule has 8 nitrogen and oxygen atoms in total. The molecule has 3 rings (SSSR count). The Hall–Kier alpha value is -2.53. The van der Waals surface area contributed by atoms with Gasteiger partial charge in [-0.2, -0.15) is 4.72 Å². The SMILES string of the molecule is C[C@H](NS(=O)(=O)c1ccccc1F)C(=O)NCc1cccc(OCCN2CCOCC2)c1. The lowest BCUT2D eigenvalue weighted by Crippen LogP contribution is -2.44. The van der Waals surface area contributed by atoms with Crippen molar-refractivity contribution in [2.24, 2.45) is 0 Å². The Balaban J connectivity index is 1.47. The summed E-state index contributed by atoms with van der Waals surface area (Å²) in [6.07, 6.45) is 0. The van der Waals surface area contributed by atoms with Crippen LogP contribution in [0.3, 0.4) is 0 Å². The average Bonchev–Trinajstić information content (AvgIpc) is 2.78. The maximum atomic E-state index is 13.8. The van der Waals surface area contributed by atoms with Crippen molar-refractivity contribution in [3.63, 3.8) is 0 Å². The molecule has 1 aliphatic rings. The summed E-state index contributed by atoms with van der Waals surface area (Å²) in [6, 6.07) is 11.3. The van der Waals surface area contributed by atoms with Crippen LogP contribution in [0.25, 0.3) is 0 Å². The molecule has 1 amide bonds. The maximum absolute atomic E-state index is 13.8. The zero-order chi connectivity index (χ0) is 23.0. The van der Waals surface area contributed by atoms with E-state index < -0.39 is 32.7 Å².